The monoisotopic (exact) mass is 414 g/mol. The van der Waals surface area contributed by atoms with Gasteiger partial charge in [-0.25, -0.2) is 0 Å². The number of allylic oxidation sites excluding steroid dienone is 1. The Labute approximate surface area is 187 Å². The lowest BCUT2D eigenvalue weighted by Crippen LogP contribution is -2.50. The second kappa shape index (κ2) is 8.57. The lowest BCUT2D eigenvalue weighted by Gasteiger charge is -2.58. The normalized spacial score (nSPS) is 45.3. The van der Waals surface area contributed by atoms with Gasteiger partial charge in [0.15, 0.2) is 0 Å². The highest BCUT2D eigenvalue weighted by molar-refractivity contribution is 5.25. The van der Waals surface area contributed by atoms with Crippen molar-refractivity contribution in [3.63, 3.8) is 0 Å². The van der Waals surface area contributed by atoms with Gasteiger partial charge in [0.05, 0.1) is 6.10 Å². The molecule has 3 fully saturated rings. The Bertz CT molecular complexity index is 634. The second-order valence-corrected chi connectivity index (χ2v) is 12.9. The first-order valence-electron chi connectivity index (χ1n) is 13.6. The Morgan fingerprint density at radius 2 is 1.77 bits per heavy atom. The van der Waals surface area contributed by atoms with E-state index in [1.165, 1.54) is 57.8 Å². The minimum absolute atomic E-state index is 0.0794. The Morgan fingerprint density at radius 3 is 2.47 bits per heavy atom. The molecule has 0 aliphatic heterocycles. The molecule has 0 radical (unpaired) electrons. The van der Waals surface area contributed by atoms with Crippen molar-refractivity contribution in [3.8, 4) is 0 Å². The maximum Gasteiger partial charge on any atom is 0.0577 e. The molecule has 1 N–H and O–H groups in total. The molecule has 9 atom stereocenters. The van der Waals surface area contributed by atoms with Crippen molar-refractivity contribution in [2.24, 2.45) is 52.3 Å². The van der Waals surface area contributed by atoms with E-state index in [0.717, 1.165) is 54.3 Å². The first kappa shape index (κ1) is 22.9. The van der Waals surface area contributed by atoms with Crippen LogP contribution in [0.3, 0.4) is 0 Å². The molecule has 172 valence electrons. The number of aliphatic hydroxyl groups excluding tert-OH is 1. The van der Waals surface area contributed by atoms with Gasteiger partial charge < -0.3 is 5.11 Å². The lowest BCUT2D eigenvalue weighted by atomic mass is 9.47. The molecule has 0 spiro atoms. The van der Waals surface area contributed by atoms with Gasteiger partial charge in [-0.2, -0.15) is 0 Å². The summed E-state index contributed by atoms with van der Waals surface area (Å²) in [5.74, 6) is 6.31. The number of hydrogen-bond acceptors (Lipinski definition) is 1. The van der Waals surface area contributed by atoms with Gasteiger partial charge in [0, 0.05) is 0 Å². The van der Waals surface area contributed by atoms with Crippen LogP contribution in [-0.2, 0) is 0 Å². The highest BCUT2D eigenvalue weighted by Gasteiger charge is 2.59. The van der Waals surface area contributed by atoms with Crippen LogP contribution in [0.5, 0.6) is 0 Å². The molecule has 4 rings (SSSR count). The summed E-state index contributed by atoms with van der Waals surface area (Å²) in [6, 6.07) is 0. The van der Waals surface area contributed by atoms with Crippen molar-refractivity contribution in [2.45, 2.75) is 118 Å². The van der Waals surface area contributed by atoms with Crippen LogP contribution in [0.4, 0.5) is 0 Å². The van der Waals surface area contributed by atoms with E-state index >= 15 is 0 Å². The third-order valence-electron chi connectivity index (χ3n) is 11.3. The number of fused-ring (bicyclic) bond motifs is 5. The SMILES string of the molecule is CC[C@H](CC[C@@H](C)[C@@H]1CC[C@H]2[C@@H]3CC=C4C[C@@H](O)CC[C@]4(C)[C@H]3CC[C@@]21C)C(C)C. The van der Waals surface area contributed by atoms with Crippen LogP contribution in [0.15, 0.2) is 11.6 Å². The average molecular weight is 415 g/mol. The van der Waals surface area contributed by atoms with Gasteiger partial charge in [0.1, 0.15) is 0 Å². The molecular weight excluding hydrogens is 364 g/mol. The summed E-state index contributed by atoms with van der Waals surface area (Å²) in [7, 11) is 0. The van der Waals surface area contributed by atoms with Crippen LogP contribution in [0.2, 0.25) is 0 Å². The largest absolute Gasteiger partial charge is 0.393 e. The van der Waals surface area contributed by atoms with Crippen molar-refractivity contribution in [1.82, 2.24) is 0 Å². The van der Waals surface area contributed by atoms with Crippen molar-refractivity contribution in [2.75, 3.05) is 0 Å². The molecule has 0 heterocycles. The van der Waals surface area contributed by atoms with Gasteiger partial charge in [0.25, 0.3) is 0 Å². The van der Waals surface area contributed by atoms with Gasteiger partial charge >= 0.3 is 0 Å². The maximum absolute atomic E-state index is 10.2. The van der Waals surface area contributed by atoms with Crippen molar-refractivity contribution in [1.29, 1.82) is 0 Å². The van der Waals surface area contributed by atoms with Crippen LogP contribution >= 0.6 is 0 Å². The summed E-state index contributed by atoms with van der Waals surface area (Å²) in [5.41, 5.74) is 2.59. The zero-order valence-electron chi connectivity index (χ0n) is 20.9. The molecule has 0 bridgehead atoms. The minimum Gasteiger partial charge on any atom is -0.393 e. The first-order valence-corrected chi connectivity index (χ1v) is 13.6. The molecule has 0 aromatic carbocycles. The van der Waals surface area contributed by atoms with E-state index in [-0.39, 0.29) is 6.10 Å². The van der Waals surface area contributed by atoms with Crippen molar-refractivity contribution in [3.05, 3.63) is 11.6 Å². The smallest absolute Gasteiger partial charge is 0.0577 e. The third-order valence-corrected chi connectivity index (χ3v) is 11.3. The first-order chi connectivity index (χ1) is 14.2. The summed E-state index contributed by atoms with van der Waals surface area (Å²) in [6.45, 7) is 15.1. The highest BCUT2D eigenvalue weighted by Crippen LogP contribution is 2.67. The molecule has 0 aromatic heterocycles. The van der Waals surface area contributed by atoms with Crippen LogP contribution in [0.25, 0.3) is 0 Å². The van der Waals surface area contributed by atoms with E-state index in [1.54, 1.807) is 5.57 Å². The van der Waals surface area contributed by atoms with E-state index in [2.05, 4.69) is 47.6 Å². The Kier molecular flexibility index (Phi) is 6.53. The minimum atomic E-state index is -0.0794. The van der Waals surface area contributed by atoms with Gasteiger partial charge in [-0.15, -0.1) is 0 Å². The predicted molar refractivity (Wildman–Crippen MR) is 128 cm³/mol. The summed E-state index contributed by atoms with van der Waals surface area (Å²) in [6.07, 6.45) is 17.1. The van der Waals surface area contributed by atoms with E-state index in [1.807, 2.05) is 0 Å². The summed E-state index contributed by atoms with van der Waals surface area (Å²) in [5, 5.41) is 10.2. The molecule has 30 heavy (non-hydrogen) atoms. The Balaban J connectivity index is 1.47. The van der Waals surface area contributed by atoms with Crippen LogP contribution in [0, 0.1) is 52.3 Å². The fourth-order valence-corrected chi connectivity index (χ4v) is 9.30. The van der Waals surface area contributed by atoms with Gasteiger partial charge in [-0.3, -0.25) is 0 Å². The Morgan fingerprint density at radius 1 is 1.00 bits per heavy atom. The summed E-state index contributed by atoms with van der Waals surface area (Å²) < 4.78 is 0. The molecule has 1 heteroatoms. The predicted octanol–water partition coefficient (Wildman–Crippen LogP) is 8.02. The second-order valence-electron chi connectivity index (χ2n) is 12.9. The quantitative estimate of drug-likeness (QED) is 0.436. The van der Waals surface area contributed by atoms with Gasteiger partial charge in [0.2, 0.25) is 0 Å². The number of rotatable bonds is 6. The number of hydrogen-bond donors (Lipinski definition) is 1. The molecule has 0 saturated heterocycles. The van der Waals surface area contributed by atoms with Crippen LogP contribution < -0.4 is 0 Å². The van der Waals surface area contributed by atoms with Crippen LogP contribution in [0.1, 0.15) is 112 Å². The van der Waals surface area contributed by atoms with Crippen LogP contribution in [-0.4, -0.2) is 11.2 Å². The number of aliphatic hydroxyl groups is 1. The standard InChI is InChI=1S/C29H50O/c1-7-21(19(2)3)9-8-20(4)25-12-13-26-24-11-10-22-18-23(30)14-16-28(22,5)27(24)15-17-29(25,26)6/h10,19-21,23-27,30H,7-9,11-18H2,1-6H3/t20-,21-,23+,24+,25+,26+,27+,28+,29-/m1/s1. The fraction of sp³-hybridized carbons (Fsp3) is 0.931. The fourth-order valence-electron chi connectivity index (χ4n) is 9.30. The van der Waals surface area contributed by atoms with Gasteiger partial charge in [-0.05, 0) is 110 Å². The Hall–Kier alpha value is -0.300. The maximum atomic E-state index is 10.2. The zero-order valence-corrected chi connectivity index (χ0v) is 20.9. The van der Waals surface area contributed by atoms with Gasteiger partial charge in [-0.1, -0.05) is 66.0 Å². The van der Waals surface area contributed by atoms with Crippen molar-refractivity contribution >= 4 is 0 Å². The topological polar surface area (TPSA) is 20.2 Å². The molecule has 1 nitrogen and oxygen atoms in total. The molecule has 4 aliphatic carbocycles. The van der Waals surface area contributed by atoms with E-state index < -0.39 is 0 Å². The summed E-state index contributed by atoms with van der Waals surface area (Å²) >= 11 is 0. The van der Waals surface area contributed by atoms with E-state index in [4.69, 9.17) is 0 Å². The third kappa shape index (κ3) is 3.74. The lowest BCUT2D eigenvalue weighted by molar-refractivity contribution is -0.0575. The molecule has 4 aliphatic rings. The molecular formula is C29H50O. The van der Waals surface area contributed by atoms with E-state index in [0.29, 0.717) is 10.8 Å². The average Bonchev–Trinajstić information content (AvgIpc) is 3.06. The summed E-state index contributed by atoms with van der Waals surface area (Å²) in [4.78, 5) is 0. The molecule has 0 aromatic rings. The molecule has 0 unspecified atom stereocenters. The molecule has 0 amide bonds. The molecule has 3 saturated carbocycles. The van der Waals surface area contributed by atoms with Crippen molar-refractivity contribution < 1.29 is 5.11 Å². The zero-order chi connectivity index (χ0) is 21.7. The highest BCUT2D eigenvalue weighted by atomic mass is 16.3. The van der Waals surface area contributed by atoms with E-state index in [9.17, 15) is 5.11 Å².